The molecule has 0 saturated carbocycles. The van der Waals surface area contributed by atoms with Crippen molar-refractivity contribution >= 4 is 33.9 Å². The van der Waals surface area contributed by atoms with Crippen LogP contribution in [-0.4, -0.2) is 32.2 Å². The van der Waals surface area contributed by atoms with E-state index in [-0.39, 0.29) is 16.1 Å². The Morgan fingerprint density at radius 3 is 2.26 bits per heavy atom. The lowest BCUT2D eigenvalue weighted by molar-refractivity contribution is 0.184. The summed E-state index contributed by atoms with van der Waals surface area (Å²) in [5.74, 6) is -0.0481. The van der Waals surface area contributed by atoms with Gasteiger partial charge in [-0.2, -0.15) is 10.00 Å². The molecule has 2 amide bonds. The monoisotopic (exact) mass is 381 g/mol. The summed E-state index contributed by atoms with van der Waals surface area (Å²) >= 11 is 3.34. The summed E-state index contributed by atoms with van der Waals surface area (Å²) in [7, 11) is 0. The first kappa shape index (κ1) is 17.0. The highest BCUT2D eigenvalue weighted by molar-refractivity contribution is 9.10. The summed E-state index contributed by atoms with van der Waals surface area (Å²) in [6, 6.07) is 8.49. The zero-order valence-corrected chi connectivity index (χ0v) is 14.4. The highest BCUT2D eigenvalue weighted by atomic mass is 79.9. The molecule has 2 N–H and O–H groups in total. The van der Waals surface area contributed by atoms with Crippen LogP contribution < -0.4 is 4.90 Å². The lowest BCUT2D eigenvalue weighted by Crippen LogP contribution is -2.36. The molecule has 8 heteroatoms. The van der Waals surface area contributed by atoms with E-state index in [1.165, 1.54) is 10.7 Å². The molecule has 0 aliphatic heterocycles. The number of carboxylic acid groups (broad SMARTS) is 2. The van der Waals surface area contributed by atoms with E-state index >= 15 is 0 Å². The van der Waals surface area contributed by atoms with Gasteiger partial charge in [0, 0.05) is 16.0 Å². The molecule has 2 aromatic rings. The van der Waals surface area contributed by atoms with Gasteiger partial charge in [0.05, 0.1) is 11.4 Å². The standard InChI is InChI=1S/C15H16BrN3O4/c1-15(2,3)11-8-12(18(13(20)21)14(22)23)19(17-11)10-6-4-5-9(16)7-10/h4-8H,1-3H3,(H,20,21)(H,22,23). The zero-order chi connectivity index (χ0) is 17.4. The molecule has 1 heterocycles. The number of aromatic nitrogens is 2. The fourth-order valence-electron chi connectivity index (χ4n) is 1.97. The van der Waals surface area contributed by atoms with Gasteiger partial charge in [-0.25, -0.2) is 14.3 Å². The lowest BCUT2D eigenvalue weighted by atomic mass is 9.92. The smallest absolute Gasteiger partial charge is 0.422 e. The maximum Gasteiger partial charge on any atom is 0.422 e. The molecule has 0 bridgehead atoms. The molecule has 122 valence electrons. The minimum absolute atomic E-state index is 0.0481. The normalized spacial score (nSPS) is 11.3. The third-order valence-corrected chi connectivity index (χ3v) is 3.62. The Labute approximate surface area is 141 Å². The number of rotatable bonds is 2. The number of imide groups is 1. The number of hydrogen-bond donors (Lipinski definition) is 2. The molecule has 0 radical (unpaired) electrons. The third-order valence-electron chi connectivity index (χ3n) is 3.12. The van der Waals surface area contributed by atoms with Gasteiger partial charge >= 0.3 is 12.2 Å². The highest BCUT2D eigenvalue weighted by Gasteiger charge is 2.30. The van der Waals surface area contributed by atoms with Crippen molar-refractivity contribution in [1.29, 1.82) is 0 Å². The fourth-order valence-corrected chi connectivity index (χ4v) is 2.36. The van der Waals surface area contributed by atoms with Crippen molar-refractivity contribution in [1.82, 2.24) is 9.78 Å². The summed E-state index contributed by atoms with van der Waals surface area (Å²) < 4.78 is 2.08. The number of anilines is 1. The maximum absolute atomic E-state index is 11.3. The van der Waals surface area contributed by atoms with Crippen molar-refractivity contribution < 1.29 is 19.8 Å². The van der Waals surface area contributed by atoms with Crippen LogP contribution in [0.15, 0.2) is 34.8 Å². The Bertz CT molecular complexity index is 750. The van der Waals surface area contributed by atoms with E-state index in [1.54, 1.807) is 18.2 Å². The molecule has 1 aromatic heterocycles. The van der Waals surface area contributed by atoms with Crippen molar-refractivity contribution in [3.63, 3.8) is 0 Å². The predicted octanol–water partition coefficient (Wildman–Crippen LogP) is 4.09. The number of hydrogen-bond acceptors (Lipinski definition) is 3. The quantitative estimate of drug-likeness (QED) is 0.816. The van der Waals surface area contributed by atoms with E-state index in [0.717, 1.165) is 4.47 Å². The van der Waals surface area contributed by atoms with Crippen LogP contribution in [0.5, 0.6) is 0 Å². The van der Waals surface area contributed by atoms with Gasteiger partial charge in [0.2, 0.25) is 0 Å². The number of halogens is 1. The molecule has 0 aliphatic carbocycles. The van der Waals surface area contributed by atoms with Gasteiger partial charge < -0.3 is 10.2 Å². The number of benzene rings is 1. The first-order chi connectivity index (χ1) is 10.6. The first-order valence-corrected chi connectivity index (χ1v) is 7.53. The molecule has 0 spiro atoms. The number of nitrogens with zero attached hydrogens (tertiary/aromatic N) is 3. The van der Waals surface area contributed by atoms with Crippen LogP contribution in [0.1, 0.15) is 26.5 Å². The van der Waals surface area contributed by atoms with Crippen molar-refractivity contribution in [3.8, 4) is 5.69 Å². The van der Waals surface area contributed by atoms with Crippen LogP contribution in [0.4, 0.5) is 15.4 Å². The van der Waals surface area contributed by atoms with E-state index < -0.39 is 12.2 Å². The van der Waals surface area contributed by atoms with Gasteiger partial charge in [-0.1, -0.05) is 42.8 Å². The fraction of sp³-hybridized carbons (Fsp3) is 0.267. The van der Waals surface area contributed by atoms with Gasteiger partial charge in [0.15, 0.2) is 5.82 Å². The van der Waals surface area contributed by atoms with Crippen LogP contribution in [0.3, 0.4) is 0 Å². The molecule has 0 unspecified atom stereocenters. The molecule has 0 aliphatic rings. The van der Waals surface area contributed by atoms with E-state index in [9.17, 15) is 19.8 Å². The average molecular weight is 382 g/mol. The highest BCUT2D eigenvalue weighted by Crippen LogP contribution is 2.29. The summed E-state index contributed by atoms with van der Waals surface area (Å²) in [5.41, 5.74) is 0.770. The van der Waals surface area contributed by atoms with Gasteiger partial charge in [0.1, 0.15) is 0 Å². The second-order valence-electron chi connectivity index (χ2n) is 5.93. The van der Waals surface area contributed by atoms with Crippen LogP contribution in [-0.2, 0) is 5.41 Å². The lowest BCUT2D eigenvalue weighted by Gasteiger charge is -2.15. The molecular formula is C15H16BrN3O4. The molecule has 1 aromatic carbocycles. The van der Waals surface area contributed by atoms with Crippen molar-refractivity contribution in [2.45, 2.75) is 26.2 Å². The SMILES string of the molecule is CC(C)(C)c1cc(N(C(=O)O)C(=O)O)n(-c2cccc(Br)c2)n1. The van der Waals surface area contributed by atoms with Gasteiger partial charge in [-0.15, -0.1) is 0 Å². The summed E-state index contributed by atoms with van der Waals surface area (Å²) in [6.45, 7) is 5.74. The van der Waals surface area contributed by atoms with E-state index in [1.807, 2.05) is 26.8 Å². The molecule has 23 heavy (non-hydrogen) atoms. The Kier molecular flexibility index (Phi) is 4.46. The molecule has 2 rings (SSSR count). The second kappa shape index (κ2) is 6.04. The summed E-state index contributed by atoms with van der Waals surface area (Å²) in [4.78, 5) is 22.9. The molecule has 7 nitrogen and oxygen atoms in total. The molecule has 0 fully saturated rings. The van der Waals surface area contributed by atoms with E-state index in [0.29, 0.717) is 11.4 Å². The zero-order valence-electron chi connectivity index (χ0n) is 12.8. The first-order valence-electron chi connectivity index (χ1n) is 6.73. The molecule has 0 saturated heterocycles. The Balaban J connectivity index is 2.71. The summed E-state index contributed by atoms with van der Waals surface area (Å²) in [5, 5.41) is 22.9. The summed E-state index contributed by atoms with van der Waals surface area (Å²) in [6.07, 6.45) is -3.18. The van der Waals surface area contributed by atoms with E-state index in [4.69, 9.17) is 0 Å². The maximum atomic E-state index is 11.3. The van der Waals surface area contributed by atoms with Crippen molar-refractivity contribution in [2.75, 3.05) is 4.90 Å². The minimum atomic E-state index is -1.59. The van der Waals surface area contributed by atoms with Crippen molar-refractivity contribution in [3.05, 3.63) is 40.5 Å². The van der Waals surface area contributed by atoms with E-state index in [2.05, 4.69) is 21.0 Å². The van der Waals surface area contributed by atoms with Crippen LogP contribution in [0.2, 0.25) is 0 Å². The van der Waals surface area contributed by atoms with Crippen molar-refractivity contribution in [2.24, 2.45) is 0 Å². The van der Waals surface area contributed by atoms with Crippen LogP contribution in [0, 0.1) is 0 Å². The Morgan fingerprint density at radius 1 is 1.17 bits per heavy atom. The van der Waals surface area contributed by atoms with Gasteiger partial charge in [-0.05, 0) is 18.2 Å². The second-order valence-corrected chi connectivity index (χ2v) is 6.85. The van der Waals surface area contributed by atoms with Crippen LogP contribution in [0.25, 0.3) is 5.69 Å². The Hall–Kier alpha value is -2.35. The van der Waals surface area contributed by atoms with Gasteiger partial charge in [-0.3, -0.25) is 0 Å². The molecular weight excluding hydrogens is 366 g/mol. The van der Waals surface area contributed by atoms with Crippen LogP contribution >= 0.6 is 15.9 Å². The third kappa shape index (κ3) is 3.53. The van der Waals surface area contributed by atoms with Gasteiger partial charge in [0.25, 0.3) is 0 Å². The molecule has 0 atom stereocenters. The number of amides is 2. The average Bonchev–Trinajstić information content (AvgIpc) is 2.82. The largest absolute Gasteiger partial charge is 0.464 e. The predicted molar refractivity (Wildman–Crippen MR) is 88.5 cm³/mol. The minimum Gasteiger partial charge on any atom is -0.464 e. The Morgan fingerprint density at radius 2 is 1.78 bits per heavy atom. The number of carbonyl (C=O) groups is 2. The topological polar surface area (TPSA) is 95.7 Å².